The van der Waals surface area contributed by atoms with E-state index in [9.17, 15) is 4.79 Å². The lowest BCUT2D eigenvalue weighted by Crippen LogP contribution is -2.25. The molecule has 0 atom stereocenters. The number of rotatable bonds is 7. The molecule has 0 spiro atoms. The summed E-state index contributed by atoms with van der Waals surface area (Å²) in [6.45, 7) is 2.44. The molecule has 0 radical (unpaired) electrons. The van der Waals surface area contributed by atoms with E-state index in [-0.39, 0.29) is 5.91 Å². The summed E-state index contributed by atoms with van der Waals surface area (Å²) in [6.07, 6.45) is 1.88. The molecule has 3 aromatic rings. The molecule has 5 nitrogen and oxygen atoms in total. The van der Waals surface area contributed by atoms with Crippen molar-refractivity contribution in [2.24, 2.45) is 0 Å². The first kappa shape index (κ1) is 17.0. The van der Waals surface area contributed by atoms with Crippen LogP contribution in [-0.4, -0.2) is 24.5 Å². The van der Waals surface area contributed by atoms with Gasteiger partial charge in [0.05, 0.1) is 7.11 Å². The molecule has 0 aliphatic heterocycles. The predicted molar refractivity (Wildman–Crippen MR) is 96.8 cm³/mol. The van der Waals surface area contributed by atoms with Crippen molar-refractivity contribution in [3.8, 4) is 5.75 Å². The van der Waals surface area contributed by atoms with Gasteiger partial charge in [0.15, 0.2) is 11.5 Å². The lowest BCUT2D eigenvalue weighted by atomic mass is 10.1. The predicted octanol–water partition coefficient (Wildman–Crippen LogP) is 3.44. The van der Waals surface area contributed by atoms with Crippen molar-refractivity contribution in [2.45, 2.75) is 26.2 Å². The van der Waals surface area contributed by atoms with Gasteiger partial charge in [0, 0.05) is 19.9 Å². The number of amides is 1. The van der Waals surface area contributed by atoms with Crippen LogP contribution in [0.4, 0.5) is 0 Å². The van der Waals surface area contributed by atoms with Gasteiger partial charge < -0.3 is 14.5 Å². The molecule has 0 saturated heterocycles. The molecule has 1 amide bonds. The lowest BCUT2D eigenvalue weighted by molar-refractivity contribution is -0.121. The van der Waals surface area contributed by atoms with Crippen LogP contribution in [0.5, 0.6) is 5.75 Å². The summed E-state index contributed by atoms with van der Waals surface area (Å²) in [5, 5.41) is 2.97. The maximum absolute atomic E-state index is 12.0. The molecule has 1 N–H and O–H groups in total. The lowest BCUT2D eigenvalue weighted by Gasteiger charge is -2.08. The number of carbonyl (C=O) groups excluding carboxylic acids is 1. The zero-order valence-corrected chi connectivity index (χ0v) is 14.5. The zero-order chi connectivity index (χ0) is 17.6. The van der Waals surface area contributed by atoms with Crippen molar-refractivity contribution in [3.63, 3.8) is 0 Å². The Labute approximate surface area is 147 Å². The Balaban J connectivity index is 1.47. The van der Waals surface area contributed by atoms with Crippen LogP contribution in [0.25, 0.3) is 11.1 Å². The van der Waals surface area contributed by atoms with Crippen molar-refractivity contribution >= 4 is 17.0 Å². The van der Waals surface area contributed by atoms with Gasteiger partial charge in [0.2, 0.25) is 5.91 Å². The van der Waals surface area contributed by atoms with Gasteiger partial charge in [0.25, 0.3) is 0 Å². The molecule has 3 rings (SSSR count). The van der Waals surface area contributed by atoms with Gasteiger partial charge in [0.1, 0.15) is 11.3 Å². The van der Waals surface area contributed by atoms with Crippen LogP contribution in [0.3, 0.4) is 0 Å². The SMILES string of the molecule is COc1ccccc1CCC(=O)NCCc1ccc2oc(C)nc2c1. The van der Waals surface area contributed by atoms with Gasteiger partial charge in [-0.2, -0.15) is 0 Å². The standard InChI is InChI=1S/C20H22N2O3/c1-14-22-17-13-15(7-9-19(17)25-14)11-12-21-20(23)10-8-16-5-3-4-6-18(16)24-2/h3-7,9,13H,8,10-12H2,1-2H3,(H,21,23). The average molecular weight is 338 g/mol. The highest BCUT2D eigenvalue weighted by atomic mass is 16.5. The molecule has 25 heavy (non-hydrogen) atoms. The normalized spacial score (nSPS) is 10.8. The second-order valence-electron chi connectivity index (χ2n) is 5.95. The smallest absolute Gasteiger partial charge is 0.220 e. The van der Waals surface area contributed by atoms with Crippen LogP contribution in [-0.2, 0) is 17.6 Å². The van der Waals surface area contributed by atoms with E-state index in [1.54, 1.807) is 7.11 Å². The van der Waals surface area contributed by atoms with E-state index >= 15 is 0 Å². The molecular weight excluding hydrogens is 316 g/mol. The topological polar surface area (TPSA) is 64.4 Å². The number of nitrogens with zero attached hydrogens (tertiary/aromatic N) is 1. The number of hydrogen-bond donors (Lipinski definition) is 1. The Hall–Kier alpha value is -2.82. The molecule has 0 aliphatic rings. The fraction of sp³-hybridized carbons (Fsp3) is 0.300. The molecule has 130 valence electrons. The average Bonchev–Trinajstić information content (AvgIpc) is 2.99. The molecule has 0 unspecified atom stereocenters. The molecule has 2 aromatic carbocycles. The second-order valence-corrected chi connectivity index (χ2v) is 5.95. The number of hydrogen-bond acceptors (Lipinski definition) is 4. The Kier molecular flexibility index (Phi) is 5.33. The van der Waals surface area contributed by atoms with Gasteiger partial charge in [-0.05, 0) is 42.2 Å². The van der Waals surface area contributed by atoms with E-state index in [4.69, 9.17) is 9.15 Å². The maximum Gasteiger partial charge on any atom is 0.220 e. The minimum Gasteiger partial charge on any atom is -0.496 e. The third kappa shape index (κ3) is 4.38. The third-order valence-corrected chi connectivity index (χ3v) is 4.11. The first-order chi connectivity index (χ1) is 12.2. The summed E-state index contributed by atoms with van der Waals surface area (Å²) in [5.74, 6) is 1.53. The Morgan fingerprint density at radius 3 is 2.88 bits per heavy atom. The highest BCUT2D eigenvalue weighted by Gasteiger charge is 2.07. The Bertz CT molecular complexity index is 870. The van der Waals surface area contributed by atoms with Gasteiger partial charge >= 0.3 is 0 Å². The number of ether oxygens (including phenoxy) is 1. The van der Waals surface area contributed by atoms with E-state index in [0.29, 0.717) is 25.3 Å². The van der Waals surface area contributed by atoms with Crippen molar-refractivity contribution < 1.29 is 13.9 Å². The van der Waals surface area contributed by atoms with Crippen LogP contribution >= 0.6 is 0 Å². The quantitative estimate of drug-likeness (QED) is 0.717. The molecule has 1 heterocycles. The second kappa shape index (κ2) is 7.83. The monoisotopic (exact) mass is 338 g/mol. The van der Waals surface area contributed by atoms with Crippen LogP contribution < -0.4 is 10.1 Å². The molecule has 0 aliphatic carbocycles. The van der Waals surface area contributed by atoms with Gasteiger partial charge in [-0.15, -0.1) is 0 Å². The van der Waals surface area contributed by atoms with Crippen LogP contribution in [0.15, 0.2) is 46.9 Å². The fourth-order valence-electron chi connectivity index (χ4n) is 2.84. The molecule has 5 heteroatoms. The summed E-state index contributed by atoms with van der Waals surface area (Å²) < 4.78 is 10.8. The summed E-state index contributed by atoms with van der Waals surface area (Å²) in [4.78, 5) is 16.4. The summed E-state index contributed by atoms with van der Waals surface area (Å²) >= 11 is 0. The molecule has 1 aromatic heterocycles. The number of aryl methyl sites for hydroxylation is 2. The molecular formula is C20H22N2O3. The first-order valence-corrected chi connectivity index (χ1v) is 8.40. The van der Waals surface area contributed by atoms with E-state index in [2.05, 4.69) is 10.3 Å². The summed E-state index contributed by atoms with van der Waals surface area (Å²) in [5.41, 5.74) is 3.83. The van der Waals surface area contributed by atoms with Crippen molar-refractivity contribution in [2.75, 3.05) is 13.7 Å². The number of methoxy groups -OCH3 is 1. The van der Waals surface area contributed by atoms with E-state index in [1.807, 2.05) is 49.4 Å². The Morgan fingerprint density at radius 1 is 1.20 bits per heavy atom. The number of fused-ring (bicyclic) bond motifs is 1. The molecule has 0 saturated carbocycles. The highest BCUT2D eigenvalue weighted by molar-refractivity contribution is 5.76. The number of para-hydroxylation sites is 1. The fourth-order valence-corrected chi connectivity index (χ4v) is 2.84. The third-order valence-electron chi connectivity index (χ3n) is 4.11. The van der Waals surface area contributed by atoms with Gasteiger partial charge in [-0.3, -0.25) is 4.79 Å². The number of oxazole rings is 1. The number of benzene rings is 2. The number of carbonyl (C=O) groups is 1. The Morgan fingerprint density at radius 2 is 2.04 bits per heavy atom. The van der Waals surface area contributed by atoms with Gasteiger partial charge in [-0.25, -0.2) is 4.98 Å². The van der Waals surface area contributed by atoms with Crippen molar-refractivity contribution in [1.82, 2.24) is 10.3 Å². The zero-order valence-electron chi connectivity index (χ0n) is 14.5. The number of aromatic nitrogens is 1. The largest absolute Gasteiger partial charge is 0.496 e. The summed E-state index contributed by atoms with van der Waals surface area (Å²) in [7, 11) is 1.64. The first-order valence-electron chi connectivity index (χ1n) is 8.40. The van der Waals surface area contributed by atoms with Crippen molar-refractivity contribution in [1.29, 1.82) is 0 Å². The van der Waals surface area contributed by atoms with E-state index < -0.39 is 0 Å². The van der Waals surface area contributed by atoms with Crippen LogP contribution in [0, 0.1) is 6.92 Å². The minimum atomic E-state index is 0.0456. The summed E-state index contributed by atoms with van der Waals surface area (Å²) in [6, 6.07) is 13.7. The van der Waals surface area contributed by atoms with Crippen LogP contribution in [0.1, 0.15) is 23.4 Å². The maximum atomic E-state index is 12.0. The minimum absolute atomic E-state index is 0.0456. The van der Waals surface area contributed by atoms with E-state index in [0.717, 1.165) is 34.4 Å². The van der Waals surface area contributed by atoms with Crippen LogP contribution in [0.2, 0.25) is 0 Å². The molecule has 0 fully saturated rings. The highest BCUT2D eigenvalue weighted by Crippen LogP contribution is 2.19. The number of nitrogens with one attached hydrogen (secondary N) is 1. The molecule has 0 bridgehead atoms. The van der Waals surface area contributed by atoms with Crippen molar-refractivity contribution in [3.05, 3.63) is 59.5 Å². The van der Waals surface area contributed by atoms with E-state index in [1.165, 1.54) is 0 Å². The van der Waals surface area contributed by atoms with Gasteiger partial charge in [-0.1, -0.05) is 24.3 Å².